The van der Waals surface area contributed by atoms with Gasteiger partial charge in [-0.05, 0) is 13.0 Å². The molecule has 2 amide bonds. The quantitative estimate of drug-likeness (QED) is 0.849. The predicted molar refractivity (Wildman–Crippen MR) is 69.1 cm³/mol. The molecular weight excluding hydrogens is 264 g/mol. The van der Waals surface area contributed by atoms with E-state index in [2.05, 4.69) is 0 Å². The van der Waals surface area contributed by atoms with Crippen LogP contribution in [-0.4, -0.2) is 57.8 Å². The van der Waals surface area contributed by atoms with Gasteiger partial charge in [0.25, 0.3) is 0 Å². The molecule has 2 N–H and O–H groups in total. The van der Waals surface area contributed by atoms with Crippen molar-refractivity contribution in [1.82, 2.24) is 9.80 Å². The number of aryl methyl sites for hydroxylation is 1. The lowest BCUT2D eigenvalue weighted by Crippen LogP contribution is -2.46. The number of carbonyl (C=O) groups excluding carboxylic acids is 1. The summed E-state index contributed by atoms with van der Waals surface area (Å²) in [4.78, 5) is 26.0. The minimum Gasteiger partial charge on any atom is -0.480 e. The highest BCUT2D eigenvalue weighted by atomic mass is 16.4. The van der Waals surface area contributed by atoms with Crippen molar-refractivity contribution >= 4 is 12.0 Å². The van der Waals surface area contributed by atoms with Crippen molar-refractivity contribution in [2.45, 2.75) is 32.0 Å². The second kappa shape index (κ2) is 5.54. The van der Waals surface area contributed by atoms with Crippen LogP contribution in [0.2, 0.25) is 0 Å². The van der Waals surface area contributed by atoms with E-state index in [-0.39, 0.29) is 13.0 Å². The standard InChI is InChI=1S/C13H18N2O5/c1-8-9(3-4-20-8)6-14(2)13(19)15-7-10(16)5-11(15)12(17)18/h3-4,10-11,16H,5-7H2,1-2H3,(H,17,18). The highest BCUT2D eigenvalue weighted by Crippen LogP contribution is 2.21. The lowest BCUT2D eigenvalue weighted by atomic mass is 10.2. The number of likely N-dealkylation sites (tertiary alicyclic amines) is 1. The Morgan fingerprint density at radius 1 is 1.55 bits per heavy atom. The SMILES string of the molecule is Cc1occc1CN(C)C(=O)N1CC(O)CC1C(=O)O. The molecule has 2 heterocycles. The minimum atomic E-state index is -1.09. The number of aliphatic hydroxyl groups excluding tert-OH is 1. The first-order valence-corrected chi connectivity index (χ1v) is 6.35. The van der Waals surface area contributed by atoms with Gasteiger partial charge in [0.1, 0.15) is 11.8 Å². The van der Waals surface area contributed by atoms with Crippen LogP contribution >= 0.6 is 0 Å². The summed E-state index contributed by atoms with van der Waals surface area (Å²) < 4.78 is 5.16. The maximum absolute atomic E-state index is 12.3. The summed E-state index contributed by atoms with van der Waals surface area (Å²) in [6.07, 6.45) is 0.826. The van der Waals surface area contributed by atoms with E-state index < -0.39 is 24.1 Å². The first kappa shape index (κ1) is 14.4. The van der Waals surface area contributed by atoms with Crippen LogP contribution in [0.4, 0.5) is 4.79 Å². The highest BCUT2D eigenvalue weighted by molar-refractivity contribution is 5.83. The molecular formula is C13H18N2O5. The Kier molecular flexibility index (Phi) is 3.99. The predicted octanol–water partition coefficient (Wildman–Crippen LogP) is 0.660. The fourth-order valence-electron chi connectivity index (χ4n) is 2.38. The molecule has 0 aromatic carbocycles. The van der Waals surface area contributed by atoms with Gasteiger partial charge < -0.3 is 24.4 Å². The van der Waals surface area contributed by atoms with E-state index in [1.165, 1.54) is 9.80 Å². The smallest absolute Gasteiger partial charge is 0.326 e. The molecule has 7 nitrogen and oxygen atoms in total. The van der Waals surface area contributed by atoms with Gasteiger partial charge in [0.05, 0.1) is 18.9 Å². The first-order valence-electron chi connectivity index (χ1n) is 6.35. The zero-order chi connectivity index (χ0) is 14.9. The summed E-state index contributed by atoms with van der Waals surface area (Å²) in [5.41, 5.74) is 0.868. The first-order chi connectivity index (χ1) is 9.40. The lowest BCUT2D eigenvalue weighted by molar-refractivity contribution is -0.141. The minimum absolute atomic E-state index is 0.0461. The monoisotopic (exact) mass is 282 g/mol. The fourth-order valence-corrected chi connectivity index (χ4v) is 2.38. The lowest BCUT2D eigenvalue weighted by Gasteiger charge is -2.27. The second-order valence-corrected chi connectivity index (χ2v) is 5.04. The van der Waals surface area contributed by atoms with Crippen LogP contribution in [-0.2, 0) is 11.3 Å². The third-order valence-electron chi connectivity index (χ3n) is 3.51. The number of hydrogen-bond acceptors (Lipinski definition) is 4. The van der Waals surface area contributed by atoms with Crippen molar-refractivity contribution in [2.75, 3.05) is 13.6 Å². The Labute approximate surface area is 116 Å². The molecule has 7 heteroatoms. The fraction of sp³-hybridized carbons (Fsp3) is 0.538. The number of carboxylic acid groups (broad SMARTS) is 1. The molecule has 2 atom stereocenters. The molecule has 0 bridgehead atoms. The van der Waals surface area contributed by atoms with E-state index in [9.17, 15) is 14.7 Å². The molecule has 1 aliphatic rings. The topological polar surface area (TPSA) is 94.2 Å². The van der Waals surface area contributed by atoms with E-state index in [0.717, 1.165) is 11.3 Å². The Morgan fingerprint density at radius 2 is 2.25 bits per heavy atom. The number of hydrogen-bond donors (Lipinski definition) is 2. The van der Waals surface area contributed by atoms with E-state index in [0.29, 0.717) is 6.54 Å². The zero-order valence-corrected chi connectivity index (χ0v) is 11.4. The van der Waals surface area contributed by atoms with Gasteiger partial charge in [-0.15, -0.1) is 0 Å². The van der Waals surface area contributed by atoms with Crippen molar-refractivity contribution in [1.29, 1.82) is 0 Å². The summed E-state index contributed by atoms with van der Waals surface area (Å²) in [6, 6.07) is 0.395. The van der Waals surface area contributed by atoms with E-state index in [4.69, 9.17) is 9.52 Å². The van der Waals surface area contributed by atoms with Gasteiger partial charge in [-0.1, -0.05) is 0 Å². The number of carbonyl (C=O) groups is 2. The third-order valence-corrected chi connectivity index (χ3v) is 3.51. The number of amides is 2. The molecule has 110 valence electrons. The number of aliphatic hydroxyl groups is 1. The molecule has 1 fully saturated rings. The van der Waals surface area contributed by atoms with Crippen LogP contribution in [0, 0.1) is 6.92 Å². The van der Waals surface area contributed by atoms with Crippen molar-refractivity contribution in [2.24, 2.45) is 0 Å². The van der Waals surface area contributed by atoms with Crippen molar-refractivity contribution in [3.05, 3.63) is 23.7 Å². The number of rotatable bonds is 3. The number of urea groups is 1. The Hall–Kier alpha value is -2.02. The van der Waals surface area contributed by atoms with Gasteiger partial charge in [-0.25, -0.2) is 9.59 Å². The van der Waals surface area contributed by atoms with Gasteiger partial charge in [-0.2, -0.15) is 0 Å². The van der Waals surface area contributed by atoms with Crippen molar-refractivity contribution in [3.8, 4) is 0 Å². The average molecular weight is 282 g/mol. The molecule has 1 aromatic heterocycles. The number of nitrogens with zero attached hydrogens (tertiary/aromatic N) is 2. The normalized spacial score (nSPS) is 22.1. The number of β-amino-alcohol motifs (C(OH)–C–C–N with tert-alkyl or cyclic N) is 1. The summed E-state index contributed by atoms with van der Waals surface area (Å²) >= 11 is 0. The van der Waals surface area contributed by atoms with Crippen LogP contribution in [0.5, 0.6) is 0 Å². The Morgan fingerprint density at radius 3 is 2.80 bits per heavy atom. The molecule has 0 spiro atoms. The Balaban J connectivity index is 2.06. The van der Waals surface area contributed by atoms with Crippen molar-refractivity contribution in [3.63, 3.8) is 0 Å². The summed E-state index contributed by atoms with van der Waals surface area (Å²) in [6.45, 7) is 2.18. The molecule has 2 unspecified atom stereocenters. The van der Waals surface area contributed by atoms with Crippen molar-refractivity contribution < 1.29 is 24.2 Å². The molecule has 2 rings (SSSR count). The van der Waals surface area contributed by atoms with Gasteiger partial charge in [0, 0.05) is 25.6 Å². The maximum atomic E-state index is 12.3. The number of aliphatic carboxylic acids is 1. The van der Waals surface area contributed by atoms with Gasteiger partial charge in [0.2, 0.25) is 0 Å². The summed E-state index contributed by atoms with van der Waals surface area (Å²) in [7, 11) is 1.60. The largest absolute Gasteiger partial charge is 0.480 e. The molecule has 1 aliphatic heterocycles. The molecule has 20 heavy (non-hydrogen) atoms. The maximum Gasteiger partial charge on any atom is 0.326 e. The van der Waals surface area contributed by atoms with Gasteiger partial charge >= 0.3 is 12.0 Å². The molecule has 1 aromatic rings. The van der Waals surface area contributed by atoms with E-state index in [1.807, 2.05) is 0 Å². The Bertz CT molecular complexity index is 513. The zero-order valence-electron chi connectivity index (χ0n) is 11.4. The molecule has 0 aliphatic carbocycles. The highest BCUT2D eigenvalue weighted by Gasteiger charge is 2.40. The average Bonchev–Trinajstić information content (AvgIpc) is 2.95. The van der Waals surface area contributed by atoms with Crippen LogP contribution in [0.15, 0.2) is 16.7 Å². The second-order valence-electron chi connectivity index (χ2n) is 5.04. The molecule has 0 radical (unpaired) electrons. The van der Waals surface area contributed by atoms with Crippen LogP contribution in [0.25, 0.3) is 0 Å². The van der Waals surface area contributed by atoms with Gasteiger partial charge in [0.15, 0.2) is 0 Å². The van der Waals surface area contributed by atoms with Crippen LogP contribution in [0.1, 0.15) is 17.7 Å². The molecule has 0 saturated carbocycles. The number of furan rings is 1. The van der Waals surface area contributed by atoms with Crippen LogP contribution in [0.3, 0.4) is 0 Å². The summed E-state index contributed by atoms with van der Waals surface area (Å²) in [5.74, 6) is -0.372. The van der Waals surface area contributed by atoms with Crippen LogP contribution < -0.4 is 0 Å². The van der Waals surface area contributed by atoms with E-state index in [1.54, 1.807) is 26.3 Å². The number of carboxylic acids is 1. The molecule has 1 saturated heterocycles. The third kappa shape index (κ3) is 2.77. The summed E-state index contributed by atoms with van der Waals surface area (Å²) in [5, 5.41) is 18.7. The van der Waals surface area contributed by atoms with E-state index >= 15 is 0 Å². The van der Waals surface area contributed by atoms with Gasteiger partial charge in [-0.3, -0.25) is 0 Å².